The molecule has 0 unspecified atom stereocenters. The van der Waals surface area contributed by atoms with Crippen LogP contribution in [0, 0.1) is 0 Å². The Hall–Kier alpha value is -1.99. The van der Waals surface area contributed by atoms with Gasteiger partial charge >= 0.3 is 0 Å². The molecular formula is C19H21BrN2O3S. The van der Waals surface area contributed by atoms with E-state index in [2.05, 4.69) is 26.6 Å². The average molecular weight is 437 g/mol. The number of amides is 2. The molecule has 0 heterocycles. The summed E-state index contributed by atoms with van der Waals surface area (Å²) in [4.78, 5) is 23.7. The van der Waals surface area contributed by atoms with Crippen LogP contribution in [0.15, 0.2) is 46.9 Å². The van der Waals surface area contributed by atoms with E-state index in [1.807, 2.05) is 31.2 Å². The molecule has 0 radical (unpaired) electrons. The molecule has 2 rings (SSSR count). The van der Waals surface area contributed by atoms with E-state index in [9.17, 15) is 9.59 Å². The molecule has 7 heteroatoms. The van der Waals surface area contributed by atoms with Crippen LogP contribution in [0.5, 0.6) is 5.75 Å². The van der Waals surface area contributed by atoms with Crippen molar-refractivity contribution in [2.45, 2.75) is 24.9 Å². The molecule has 2 amide bonds. The minimum atomic E-state index is -0.243. The highest BCUT2D eigenvalue weighted by Crippen LogP contribution is 2.29. The number of nitrogens with one attached hydrogen (secondary N) is 2. The predicted molar refractivity (Wildman–Crippen MR) is 111 cm³/mol. The Morgan fingerprint density at radius 2 is 1.85 bits per heavy atom. The van der Waals surface area contributed by atoms with Gasteiger partial charge in [-0.05, 0) is 42.8 Å². The van der Waals surface area contributed by atoms with Crippen molar-refractivity contribution in [3.63, 3.8) is 0 Å². The topological polar surface area (TPSA) is 67.4 Å². The maximum absolute atomic E-state index is 12.5. The lowest BCUT2D eigenvalue weighted by molar-refractivity contribution is -0.115. The van der Waals surface area contributed by atoms with Crippen LogP contribution in [-0.2, 0) is 15.3 Å². The van der Waals surface area contributed by atoms with Crippen LogP contribution in [0.4, 0.5) is 11.4 Å². The summed E-state index contributed by atoms with van der Waals surface area (Å²) >= 11 is 4.96. The molecule has 138 valence electrons. The second-order valence-corrected chi connectivity index (χ2v) is 7.91. The molecule has 1 atom stereocenters. The molecule has 0 aliphatic carbocycles. The second-order valence-electron chi connectivity index (χ2n) is 5.67. The van der Waals surface area contributed by atoms with Gasteiger partial charge < -0.3 is 15.4 Å². The summed E-state index contributed by atoms with van der Waals surface area (Å²) in [5, 5.41) is 5.33. The number of rotatable bonds is 7. The molecule has 0 aliphatic rings. The minimum Gasteiger partial charge on any atom is -0.495 e. The van der Waals surface area contributed by atoms with Gasteiger partial charge in [0.05, 0.1) is 18.0 Å². The number of halogens is 1. The number of thioether (sulfide) groups is 1. The minimum absolute atomic E-state index is 0.120. The van der Waals surface area contributed by atoms with Crippen molar-refractivity contribution in [1.82, 2.24) is 0 Å². The smallest absolute Gasteiger partial charge is 0.237 e. The number of anilines is 2. The summed E-state index contributed by atoms with van der Waals surface area (Å²) in [6.45, 7) is 3.30. The number of hydrogen-bond donors (Lipinski definition) is 2. The van der Waals surface area contributed by atoms with Crippen molar-refractivity contribution in [1.29, 1.82) is 0 Å². The van der Waals surface area contributed by atoms with Crippen LogP contribution in [0.3, 0.4) is 0 Å². The number of carbonyl (C=O) groups excluding carboxylic acids is 2. The Morgan fingerprint density at radius 3 is 2.46 bits per heavy atom. The molecular weight excluding hydrogens is 416 g/mol. The first-order valence-electron chi connectivity index (χ1n) is 8.01. The highest BCUT2D eigenvalue weighted by atomic mass is 79.9. The van der Waals surface area contributed by atoms with Gasteiger partial charge in [0.2, 0.25) is 11.8 Å². The van der Waals surface area contributed by atoms with Gasteiger partial charge in [0.15, 0.2) is 0 Å². The number of hydrogen-bond acceptors (Lipinski definition) is 4. The maximum Gasteiger partial charge on any atom is 0.237 e. The molecule has 0 saturated heterocycles. The maximum atomic E-state index is 12.5. The number of benzene rings is 2. The SMILES string of the molecule is COc1ccc(NC(C)=O)cc1NC(=O)[C@@H](C)SCc1ccc(Br)cc1. The molecule has 0 aliphatic heterocycles. The van der Waals surface area contributed by atoms with Crippen molar-refractivity contribution in [2.24, 2.45) is 0 Å². The Bertz CT molecular complexity index is 781. The van der Waals surface area contributed by atoms with Crippen molar-refractivity contribution >= 4 is 50.9 Å². The summed E-state index contributed by atoms with van der Waals surface area (Å²) < 4.78 is 6.32. The van der Waals surface area contributed by atoms with Crippen molar-refractivity contribution in [3.8, 4) is 5.75 Å². The van der Waals surface area contributed by atoms with Gasteiger partial charge in [0.25, 0.3) is 0 Å². The van der Waals surface area contributed by atoms with E-state index in [-0.39, 0.29) is 17.1 Å². The van der Waals surface area contributed by atoms with Crippen LogP contribution in [0.25, 0.3) is 0 Å². The third-order valence-corrected chi connectivity index (χ3v) is 5.30. The lowest BCUT2D eigenvalue weighted by Crippen LogP contribution is -2.23. The Labute approximate surface area is 166 Å². The van der Waals surface area contributed by atoms with Crippen molar-refractivity contribution < 1.29 is 14.3 Å². The van der Waals surface area contributed by atoms with Gasteiger partial charge in [0, 0.05) is 22.8 Å². The summed E-state index contributed by atoms with van der Waals surface area (Å²) in [6.07, 6.45) is 0. The Kier molecular flexibility index (Phi) is 7.53. The van der Waals surface area contributed by atoms with Crippen molar-refractivity contribution in [3.05, 3.63) is 52.5 Å². The zero-order valence-corrected chi connectivity index (χ0v) is 17.2. The molecule has 0 bridgehead atoms. The third-order valence-electron chi connectivity index (χ3n) is 3.56. The summed E-state index contributed by atoms with van der Waals surface area (Å²) in [7, 11) is 1.54. The van der Waals surface area contributed by atoms with Crippen LogP contribution < -0.4 is 15.4 Å². The summed E-state index contributed by atoms with van der Waals surface area (Å²) in [6, 6.07) is 13.1. The van der Waals surface area contributed by atoms with E-state index >= 15 is 0 Å². The van der Waals surface area contributed by atoms with Crippen molar-refractivity contribution in [2.75, 3.05) is 17.7 Å². The van der Waals surface area contributed by atoms with Gasteiger partial charge in [-0.3, -0.25) is 9.59 Å². The van der Waals surface area contributed by atoms with E-state index < -0.39 is 0 Å². The first kappa shape index (κ1) is 20.3. The van der Waals surface area contributed by atoms with Gasteiger partial charge in [-0.25, -0.2) is 0 Å². The summed E-state index contributed by atoms with van der Waals surface area (Å²) in [5.41, 5.74) is 2.28. The molecule has 0 saturated carbocycles. The van der Waals surface area contributed by atoms with Gasteiger partial charge in [-0.15, -0.1) is 11.8 Å². The average Bonchev–Trinajstić information content (AvgIpc) is 2.60. The molecule has 26 heavy (non-hydrogen) atoms. The number of methoxy groups -OCH3 is 1. The Balaban J connectivity index is 2.00. The fraction of sp³-hybridized carbons (Fsp3) is 0.263. The van der Waals surface area contributed by atoms with E-state index in [0.29, 0.717) is 17.1 Å². The van der Waals surface area contributed by atoms with Crippen LogP contribution >= 0.6 is 27.7 Å². The molecule has 0 spiro atoms. The van der Waals surface area contributed by atoms with Gasteiger partial charge in [-0.1, -0.05) is 28.1 Å². The quantitative estimate of drug-likeness (QED) is 0.661. The standard InChI is InChI=1S/C19H21BrN2O3S/c1-12(26-11-14-4-6-15(20)7-5-14)19(24)22-17-10-16(21-13(2)23)8-9-18(17)25-3/h4-10,12H,11H2,1-3H3,(H,21,23)(H,22,24)/t12-/m1/s1. The molecule has 0 fully saturated rings. The van der Waals surface area contributed by atoms with Gasteiger partial charge in [0.1, 0.15) is 5.75 Å². The monoisotopic (exact) mass is 436 g/mol. The van der Waals surface area contributed by atoms with Gasteiger partial charge in [-0.2, -0.15) is 0 Å². The van der Waals surface area contributed by atoms with Crippen LogP contribution in [-0.4, -0.2) is 24.2 Å². The first-order valence-corrected chi connectivity index (χ1v) is 9.85. The van der Waals surface area contributed by atoms with Crippen LogP contribution in [0.1, 0.15) is 19.4 Å². The lowest BCUT2D eigenvalue weighted by Gasteiger charge is -2.15. The Morgan fingerprint density at radius 1 is 1.15 bits per heavy atom. The van der Waals surface area contributed by atoms with Crippen LogP contribution in [0.2, 0.25) is 0 Å². The van der Waals surface area contributed by atoms with E-state index in [1.165, 1.54) is 14.0 Å². The molecule has 0 aromatic heterocycles. The highest BCUT2D eigenvalue weighted by Gasteiger charge is 2.16. The lowest BCUT2D eigenvalue weighted by atomic mass is 10.2. The summed E-state index contributed by atoms with van der Waals surface area (Å²) in [5.74, 6) is 0.985. The first-order chi connectivity index (χ1) is 12.4. The molecule has 2 aromatic carbocycles. The third kappa shape index (κ3) is 6.07. The van der Waals surface area contributed by atoms with E-state index in [4.69, 9.17) is 4.74 Å². The van der Waals surface area contributed by atoms with E-state index in [1.54, 1.807) is 30.0 Å². The largest absolute Gasteiger partial charge is 0.495 e. The highest BCUT2D eigenvalue weighted by molar-refractivity contribution is 9.10. The van der Waals surface area contributed by atoms with E-state index in [0.717, 1.165) is 15.8 Å². The molecule has 2 N–H and O–H groups in total. The normalized spacial score (nSPS) is 11.5. The fourth-order valence-electron chi connectivity index (χ4n) is 2.20. The number of carbonyl (C=O) groups is 2. The predicted octanol–water partition coefficient (Wildman–Crippen LogP) is 4.68. The molecule has 2 aromatic rings. The fourth-order valence-corrected chi connectivity index (χ4v) is 3.31. The zero-order chi connectivity index (χ0) is 19.1. The molecule has 5 nitrogen and oxygen atoms in total. The number of ether oxygens (including phenoxy) is 1. The second kappa shape index (κ2) is 9.64. The zero-order valence-electron chi connectivity index (χ0n) is 14.8.